The van der Waals surface area contributed by atoms with Gasteiger partial charge < -0.3 is 23.9 Å². The molecule has 1 atom stereocenters. The second-order valence-corrected chi connectivity index (χ2v) is 11.2. The zero-order valence-corrected chi connectivity index (χ0v) is 23.7. The van der Waals surface area contributed by atoms with Crippen LogP contribution in [0.1, 0.15) is 52.2 Å². The third-order valence-electron chi connectivity index (χ3n) is 5.78. The fraction of sp³-hybridized carbons (Fsp3) is 0.355. The summed E-state index contributed by atoms with van der Waals surface area (Å²) < 4.78 is 23.6. The molecule has 0 aliphatic rings. The summed E-state index contributed by atoms with van der Waals surface area (Å²) in [4.78, 5) is 17.1. The fourth-order valence-electron chi connectivity index (χ4n) is 3.81. The first kappa shape index (κ1) is 28.5. The largest absolute Gasteiger partial charge is 0.479 e. The number of nitrogens with zero attached hydrogens (tertiary/aromatic N) is 1. The van der Waals surface area contributed by atoms with Crippen LogP contribution in [0.5, 0.6) is 11.5 Å². The van der Waals surface area contributed by atoms with Crippen LogP contribution in [0.25, 0.3) is 11.1 Å². The second-order valence-electron chi connectivity index (χ2n) is 10.8. The molecule has 39 heavy (non-hydrogen) atoms. The number of rotatable bonds is 11. The SMILES string of the molecule is CC(C)(C)OC(=O)C(C)(C)Oc1ccc(CCNCC(Oc2ccc(Cl)cc2)c2nc3ccccc3o2)cc1. The van der Waals surface area contributed by atoms with Crippen LogP contribution in [-0.4, -0.2) is 35.2 Å². The van der Waals surface area contributed by atoms with Crippen molar-refractivity contribution in [3.05, 3.63) is 89.3 Å². The monoisotopic (exact) mass is 550 g/mol. The Morgan fingerprint density at radius 2 is 1.62 bits per heavy atom. The number of halogens is 1. The van der Waals surface area contributed by atoms with Crippen LogP contribution < -0.4 is 14.8 Å². The number of hydrogen-bond acceptors (Lipinski definition) is 7. The number of nitrogens with one attached hydrogen (secondary N) is 1. The van der Waals surface area contributed by atoms with Gasteiger partial charge in [0.25, 0.3) is 0 Å². The van der Waals surface area contributed by atoms with E-state index in [-0.39, 0.29) is 0 Å². The molecule has 0 spiro atoms. The maximum atomic E-state index is 12.5. The quantitative estimate of drug-likeness (QED) is 0.160. The lowest BCUT2D eigenvalue weighted by Gasteiger charge is -2.29. The predicted molar refractivity (Wildman–Crippen MR) is 152 cm³/mol. The van der Waals surface area contributed by atoms with Gasteiger partial charge in [0.1, 0.15) is 22.6 Å². The fourth-order valence-corrected chi connectivity index (χ4v) is 3.94. The average molecular weight is 551 g/mol. The molecule has 7 nitrogen and oxygen atoms in total. The van der Waals surface area contributed by atoms with Crippen LogP contribution in [0.4, 0.5) is 0 Å². The van der Waals surface area contributed by atoms with Crippen molar-refractivity contribution in [2.75, 3.05) is 13.1 Å². The Balaban J connectivity index is 1.33. The molecule has 0 amide bonds. The molecular weight excluding hydrogens is 516 g/mol. The summed E-state index contributed by atoms with van der Waals surface area (Å²) in [6.45, 7) is 10.1. The molecule has 0 saturated carbocycles. The van der Waals surface area contributed by atoms with Gasteiger partial charge in [-0.15, -0.1) is 0 Å². The smallest absolute Gasteiger partial charge is 0.350 e. The highest BCUT2D eigenvalue weighted by Gasteiger charge is 2.34. The van der Waals surface area contributed by atoms with E-state index < -0.39 is 23.3 Å². The maximum absolute atomic E-state index is 12.5. The van der Waals surface area contributed by atoms with Crippen molar-refractivity contribution < 1.29 is 23.4 Å². The van der Waals surface area contributed by atoms with Gasteiger partial charge in [-0.2, -0.15) is 0 Å². The lowest BCUT2D eigenvalue weighted by molar-refractivity contribution is -0.170. The molecule has 0 aliphatic carbocycles. The van der Waals surface area contributed by atoms with Crippen molar-refractivity contribution in [3.8, 4) is 11.5 Å². The number of ether oxygens (including phenoxy) is 3. The summed E-state index contributed by atoms with van der Waals surface area (Å²) in [6.07, 6.45) is 0.362. The van der Waals surface area contributed by atoms with E-state index in [0.717, 1.165) is 23.1 Å². The highest BCUT2D eigenvalue weighted by molar-refractivity contribution is 6.30. The highest BCUT2D eigenvalue weighted by atomic mass is 35.5. The number of para-hydroxylation sites is 2. The molecule has 0 aliphatic heterocycles. The Hall–Kier alpha value is -3.55. The molecule has 0 fully saturated rings. The van der Waals surface area contributed by atoms with Crippen LogP contribution in [0, 0.1) is 0 Å². The molecule has 1 N–H and O–H groups in total. The lowest BCUT2D eigenvalue weighted by atomic mass is 10.1. The first-order valence-corrected chi connectivity index (χ1v) is 13.4. The van der Waals surface area contributed by atoms with E-state index in [1.165, 1.54) is 0 Å². The van der Waals surface area contributed by atoms with Crippen LogP contribution in [0.15, 0.2) is 77.2 Å². The number of oxazole rings is 1. The van der Waals surface area contributed by atoms with Crippen LogP contribution >= 0.6 is 11.6 Å². The molecule has 1 unspecified atom stereocenters. The second kappa shape index (κ2) is 12.1. The summed E-state index contributed by atoms with van der Waals surface area (Å²) in [7, 11) is 0. The van der Waals surface area contributed by atoms with Crippen molar-refractivity contribution in [3.63, 3.8) is 0 Å². The molecule has 1 heterocycles. The number of esters is 1. The number of carbonyl (C=O) groups excluding carboxylic acids is 1. The third-order valence-corrected chi connectivity index (χ3v) is 6.04. The molecule has 3 aromatic carbocycles. The Labute approximate surface area is 234 Å². The van der Waals surface area contributed by atoms with Gasteiger partial charge in [-0.1, -0.05) is 35.9 Å². The van der Waals surface area contributed by atoms with E-state index in [9.17, 15) is 4.79 Å². The lowest BCUT2D eigenvalue weighted by Crippen LogP contribution is -2.43. The zero-order chi connectivity index (χ0) is 28.0. The Kier molecular flexibility index (Phi) is 8.83. The van der Waals surface area contributed by atoms with Gasteiger partial charge in [0.15, 0.2) is 17.3 Å². The summed E-state index contributed by atoms with van der Waals surface area (Å²) >= 11 is 6.03. The normalized spacial score (nSPS) is 12.8. The van der Waals surface area contributed by atoms with Gasteiger partial charge in [-0.3, -0.25) is 0 Å². The third kappa shape index (κ3) is 8.22. The standard InChI is InChI=1S/C31H35ClN2O5/c1-30(2,3)39-29(35)31(4,5)38-24-14-10-21(11-15-24)18-19-33-20-27(36-23-16-12-22(32)13-17-23)28-34-25-8-6-7-9-26(25)37-28/h6-17,27,33H,18-20H2,1-5H3. The number of carbonyl (C=O) groups is 1. The zero-order valence-electron chi connectivity index (χ0n) is 23.0. The molecule has 0 bridgehead atoms. The van der Waals surface area contributed by atoms with Gasteiger partial charge in [0.2, 0.25) is 5.89 Å². The van der Waals surface area contributed by atoms with Gasteiger partial charge >= 0.3 is 5.97 Å². The Morgan fingerprint density at radius 3 is 2.28 bits per heavy atom. The van der Waals surface area contributed by atoms with E-state index >= 15 is 0 Å². The number of hydrogen-bond donors (Lipinski definition) is 1. The minimum atomic E-state index is -1.10. The van der Waals surface area contributed by atoms with E-state index in [2.05, 4.69) is 10.3 Å². The van der Waals surface area contributed by atoms with Crippen molar-refractivity contribution >= 4 is 28.7 Å². The van der Waals surface area contributed by atoms with Crippen molar-refractivity contribution in [2.24, 2.45) is 0 Å². The molecule has 206 valence electrons. The van der Waals surface area contributed by atoms with Crippen LogP contribution in [0.3, 0.4) is 0 Å². The van der Waals surface area contributed by atoms with Gasteiger partial charge in [0, 0.05) is 11.6 Å². The summed E-state index contributed by atoms with van der Waals surface area (Å²) in [5.74, 6) is 1.39. The van der Waals surface area contributed by atoms with Crippen molar-refractivity contribution in [1.82, 2.24) is 10.3 Å². The molecule has 8 heteroatoms. The van der Waals surface area contributed by atoms with E-state index in [4.69, 9.17) is 30.2 Å². The Morgan fingerprint density at radius 1 is 0.949 bits per heavy atom. The topological polar surface area (TPSA) is 82.8 Å². The minimum absolute atomic E-state index is 0.405. The first-order chi connectivity index (χ1) is 18.5. The number of fused-ring (bicyclic) bond motifs is 1. The molecule has 0 saturated heterocycles. The summed E-state index contributed by atoms with van der Waals surface area (Å²) in [6, 6.07) is 22.6. The summed E-state index contributed by atoms with van der Waals surface area (Å²) in [5, 5.41) is 4.10. The number of aromatic nitrogens is 1. The number of benzene rings is 3. The van der Waals surface area contributed by atoms with E-state index in [1.54, 1.807) is 26.0 Å². The van der Waals surface area contributed by atoms with Gasteiger partial charge in [-0.05, 0) is 102 Å². The molecule has 0 radical (unpaired) electrons. The Bertz CT molecular complexity index is 1340. The van der Waals surface area contributed by atoms with E-state index in [1.807, 2.05) is 81.4 Å². The van der Waals surface area contributed by atoms with Gasteiger partial charge in [0.05, 0.1) is 0 Å². The average Bonchev–Trinajstić information content (AvgIpc) is 3.31. The minimum Gasteiger partial charge on any atom is -0.479 e. The van der Waals surface area contributed by atoms with Crippen LogP contribution in [-0.2, 0) is 16.0 Å². The summed E-state index contributed by atoms with van der Waals surface area (Å²) in [5.41, 5.74) is 0.958. The van der Waals surface area contributed by atoms with E-state index in [0.29, 0.717) is 35.5 Å². The molecule has 4 rings (SSSR count). The first-order valence-electron chi connectivity index (χ1n) is 13.0. The molecule has 1 aromatic heterocycles. The predicted octanol–water partition coefficient (Wildman–Crippen LogP) is 6.93. The molecule has 4 aromatic rings. The van der Waals surface area contributed by atoms with Crippen molar-refractivity contribution in [2.45, 2.75) is 58.3 Å². The maximum Gasteiger partial charge on any atom is 0.350 e. The molecular formula is C31H35ClN2O5. The van der Waals surface area contributed by atoms with Gasteiger partial charge in [-0.25, -0.2) is 9.78 Å². The highest BCUT2D eigenvalue weighted by Crippen LogP contribution is 2.26. The van der Waals surface area contributed by atoms with Crippen molar-refractivity contribution in [1.29, 1.82) is 0 Å². The van der Waals surface area contributed by atoms with Crippen LogP contribution in [0.2, 0.25) is 5.02 Å².